The van der Waals surface area contributed by atoms with Gasteiger partial charge in [-0.15, -0.1) is 0 Å². The molecular formula is C35H50O. The Labute approximate surface area is 221 Å². The highest BCUT2D eigenvalue weighted by atomic mass is 16.1. The second kappa shape index (κ2) is 14.6. The molecule has 1 heteroatoms. The van der Waals surface area contributed by atoms with Crippen LogP contribution in [0.5, 0.6) is 0 Å². The van der Waals surface area contributed by atoms with Crippen LogP contribution in [-0.4, -0.2) is 5.78 Å². The zero-order chi connectivity index (χ0) is 25.9. The highest BCUT2D eigenvalue weighted by Crippen LogP contribution is 2.32. The molecule has 0 N–H and O–H groups in total. The van der Waals surface area contributed by atoms with Crippen molar-refractivity contribution >= 4 is 5.78 Å². The summed E-state index contributed by atoms with van der Waals surface area (Å²) >= 11 is 0. The molecule has 0 aromatic heterocycles. The Morgan fingerprint density at radius 1 is 0.972 bits per heavy atom. The summed E-state index contributed by atoms with van der Waals surface area (Å²) in [6.07, 6.45) is 17.0. The summed E-state index contributed by atoms with van der Waals surface area (Å²) in [4.78, 5) is 12.9. The van der Waals surface area contributed by atoms with Gasteiger partial charge in [0.15, 0.2) is 5.78 Å². The molecule has 0 amide bonds. The average molecular weight is 487 g/mol. The van der Waals surface area contributed by atoms with E-state index in [0.717, 1.165) is 42.2 Å². The van der Waals surface area contributed by atoms with Gasteiger partial charge in [-0.25, -0.2) is 0 Å². The van der Waals surface area contributed by atoms with Crippen molar-refractivity contribution in [3.8, 4) is 0 Å². The standard InChI is InChI=1S/C28H36O.C7H14/c1-5-6-7-8-21(3)17-23-11-14-27-19-25(15-16-26(27)18-23)22(4)28(29)24-12-9-20(2)10-13-24;1-2-7-5-3-4-6-7/h9-14,18,21,25H,4-8,15-17,19H2,1-3H3;7H,2-6H2,1H3/t21?,25-;/m0./s1. The van der Waals surface area contributed by atoms with Crippen LogP contribution in [0.25, 0.3) is 0 Å². The van der Waals surface area contributed by atoms with E-state index in [1.165, 1.54) is 86.5 Å². The number of hydrogen-bond acceptors (Lipinski definition) is 1. The number of carbonyl (C=O) groups is 1. The van der Waals surface area contributed by atoms with Crippen molar-refractivity contribution in [3.63, 3.8) is 0 Å². The van der Waals surface area contributed by atoms with Crippen molar-refractivity contribution in [2.45, 2.75) is 111 Å². The smallest absolute Gasteiger partial charge is 0.188 e. The number of hydrogen-bond donors (Lipinski definition) is 0. The summed E-state index contributed by atoms with van der Waals surface area (Å²) in [6, 6.07) is 14.9. The van der Waals surface area contributed by atoms with Crippen molar-refractivity contribution in [3.05, 3.63) is 82.4 Å². The lowest BCUT2D eigenvalue weighted by Crippen LogP contribution is -2.20. The third kappa shape index (κ3) is 8.46. The highest BCUT2D eigenvalue weighted by Gasteiger charge is 2.25. The van der Waals surface area contributed by atoms with Crippen molar-refractivity contribution in [1.29, 1.82) is 0 Å². The van der Waals surface area contributed by atoms with Gasteiger partial charge < -0.3 is 0 Å². The van der Waals surface area contributed by atoms with Gasteiger partial charge in [0.2, 0.25) is 0 Å². The fourth-order valence-corrected chi connectivity index (χ4v) is 5.97. The molecule has 0 aliphatic heterocycles. The highest BCUT2D eigenvalue weighted by molar-refractivity contribution is 6.08. The van der Waals surface area contributed by atoms with E-state index in [0.29, 0.717) is 0 Å². The largest absolute Gasteiger partial charge is 0.289 e. The SMILES string of the molecule is C=C(C(=O)c1ccc(C)cc1)[C@H]1CCc2cc(CC(C)CCCCC)ccc2C1.CCC1CCCC1. The first kappa shape index (κ1) is 28.4. The summed E-state index contributed by atoms with van der Waals surface area (Å²) in [7, 11) is 0. The van der Waals surface area contributed by atoms with E-state index in [1.807, 2.05) is 31.2 Å². The molecule has 0 bridgehead atoms. The number of unbranched alkanes of at least 4 members (excludes halogenated alkanes) is 2. The van der Waals surface area contributed by atoms with Crippen LogP contribution in [-0.2, 0) is 19.3 Å². The molecular weight excluding hydrogens is 436 g/mol. The minimum Gasteiger partial charge on any atom is -0.289 e. The molecule has 1 nitrogen and oxygen atoms in total. The van der Waals surface area contributed by atoms with Gasteiger partial charge in [0.25, 0.3) is 0 Å². The van der Waals surface area contributed by atoms with E-state index in [9.17, 15) is 4.79 Å². The van der Waals surface area contributed by atoms with Gasteiger partial charge in [0.1, 0.15) is 0 Å². The number of ketones is 1. The molecule has 2 aliphatic rings. The molecule has 2 aromatic rings. The first-order chi connectivity index (χ1) is 17.4. The van der Waals surface area contributed by atoms with Crippen LogP contribution in [0.3, 0.4) is 0 Å². The Morgan fingerprint density at radius 2 is 1.69 bits per heavy atom. The molecule has 36 heavy (non-hydrogen) atoms. The van der Waals surface area contributed by atoms with E-state index in [-0.39, 0.29) is 11.7 Å². The number of Topliss-reactive ketones (excluding diaryl/α,β-unsaturated/α-hetero) is 1. The van der Waals surface area contributed by atoms with E-state index in [4.69, 9.17) is 0 Å². The molecule has 2 aromatic carbocycles. The maximum Gasteiger partial charge on any atom is 0.188 e. The second-order valence-electron chi connectivity index (χ2n) is 11.6. The van der Waals surface area contributed by atoms with Crippen LogP contribution in [0.1, 0.15) is 118 Å². The topological polar surface area (TPSA) is 17.1 Å². The Balaban J connectivity index is 0.000000444. The predicted molar refractivity (Wildman–Crippen MR) is 156 cm³/mol. The normalized spacial score (nSPS) is 18.2. The third-order valence-electron chi connectivity index (χ3n) is 8.53. The van der Waals surface area contributed by atoms with Crippen LogP contribution < -0.4 is 0 Å². The van der Waals surface area contributed by atoms with Crippen molar-refractivity contribution < 1.29 is 4.79 Å². The van der Waals surface area contributed by atoms with E-state index in [2.05, 4.69) is 45.5 Å². The number of carbonyl (C=O) groups excluding carboxylic acids is 1. The number of fused-ring (bicyclic) bond motifs is 1. The number of aryl methyl sites for hydroxylation is 2. The lowest BCUT2D eigenvalue weighted by atomic mass is 9.77. The van der Waals surface area contributed by atoms with Crippen molar-refractivity contribution in [2.24, 2.45) is 17.8 Å². The lowest BCUT2D eigenvalue weighted by molar-refractivity contribution is 0.102. The quantitative estimate of drug-likeness (QED) is 0.185. The minimum absolute atomic E-state index is 0.107. The third-order valence-corrected chi connectivity index (χ3v) is 8.53. The average Bonchev–Trinajstić information content (AvgIpc) is 3.43. The molecule has 1 fully saturated rings. The minimum atomic E-state index is 0.107. The summed E-state index contributed by atoms with van der Waals surface area (Å²) in [5, 5.41) is 0. The zero-order valence-corrected chi connectivity index (χ0v) is 23.6. The summed E-state index contributed by atoms with van der Waals surface area (Å²) in [5.74, 6) is 2.22. The number of rotatable bonds is 10. The maximum atomic E-state index is 12.9. The maximum absolute atomic E-state index is 12.9. The van der Waals surface area contributed by atoms with E-state index in [1.54, 1.807) is 0 Å². The summed E-state index contributed by atoms with van der Waals surface area (Å²) < 4.78 is 0. The van der Waals surface area contributed by atoms with Gasteiger partial charge in [0.05, 0.1) is 0 Å². The van der Waals surface area contributed by atoms with Gasteiger partial charge in [-0.05, 0) is 72.6 Å². The molecule has 0 radical (unpaired) electrons. The Hall–Kier alpha value is -2.15. The van der Waals surface area contributed by atoms with Gasteiger partial charge in [-0.1, -0.05) is 133 Å². The molecule has 0 heterocycles. The number of allylic oxidation sites excluding steroid dienone is 1. The monoisotopic (exact) mass is 486 g/mol. The molecule has 2 atom stereocenters. The Bertz CT molecular complexity index is 961. The summed E-state index contributed by atoms with van der Waals surface area (Å²) in [6.45, 7) is 13.2. The molecule has 1 unspecified atom stereocenters. The number of benzene rings is 2. The summed E-state index contributed by atoms with van der Waals surface area (Å²) in [5.41, 5.74) is 7.07. The fourth-order valence-electron chi connectivity index (χ4n) is 5.97. The van der Waals surface area contributed by atoms with Crippen LogP contribution in [0.15, 0.2) is 54.6 Å². The molecule has 0 saturated heterocycles. The molecule has 0 spiro atoms. The molecule has 196 valence electrons. The predicted octanol–water partition coefficient (Wildman–Crippen LogP) is 9.88. The van der Waals surface area contributed by atoms with Crippen LogP contribution in [0.2, 0.25) is 0 Å². The van der Waals surface area contributed by atoms with Gasteiger partial charge in [0, 0.05) is 5.56 Å². The van der Waals surface area contributed by atoms with Crippen molar-refractivity contribution in [2.75, 3.05) is 0 Å². The van der Waals surface area contributed by atoms with Crippen LogP contribution in [0.4, 0.5) is 0 Å². The zero-order valence-electron chi connectivity index (χ0n) is 23.6. The van der Waals surface area contributed by atoms with E-state index >= 15 is 0 Å². The first-order valence-electron chi connectivity index (χ1n) is 14.8. The Morgan fingerprint density at radius 3 is 2.33 bits per heavy atom. The van der Waals surface area contributed by atoms with Gasteiger partial charge >= 0.3 is 0 Å². The lowest BCUT2D eigenvalue weighted by Gasteiger charge is -2.26. The first-order valence-corrected chi connectivity index (χ1v) is 14.8. The van der Waals surface area contributed by atoms with Gasteiger partial charge in [-0.3, -0.25) is 4.79 Å². The van der Waals surface area contributed by atoms with Gasteiger partial charge in [-0.2, -0.15) is 0 Å². The van der Waals surface area contributed by atoms with Crippen LogP contribution in [0, 0.1) is 24.7 Å². The van der Waals surface area contributed by atoms with Crippen molar-refractivity contribution in [1.82, 2.24) is 0 Å². The molecule has 1 saturated carbocycles. The Kier molecular flexibility index (Phi) is 11.5. The van der Waals surface area contributed by atoms with Crippen LogP contribution >= 0.6 is 0 Å². The second-order valence-corrected chi connectivity index (χ2v) is 11.6. The fraction of sp³-hybridized carbons (Fsp3) is 0.571. The van der Waals surface area contributed by atoms with E-state index < -0.39 is 0 Å². The molecule has 2 aliphatic carbocycles. The molecule has 4 rings (SSSR count).